The zero-order valence-corrected chi connectivity index (χ0v) is 13.1. The minimum absolute atomic E-state index is 0.110. The summed E-state index contributed by atoms with van der Waals surface area (Å²) in [6, 6.07) is 10.3. The molecule has 0 radical (unpaired) electrons. The molecule has 0 fully saturated rings. The Bertz CT molecular complexity index is 801. The molecule has 0 bridgehead atoms. The molecule has 0 saturated heterocycles. The Balaban J connectivity index is 1.93. The van der Waals surface area contributed by atoms with Crippen molar-refractivity contribution in [1.82, 2.24) is 5.01 Å². The maximum absolute atomic E-state index is 13.2. The Morgan fingerprint density at radius 3 is 2.44 bits per heavy atom. The normalized spacial score (nSPS) is 15.8. The van der Waals surface area contributed by atoms with Crippen LogP contribution in [0.3, 0.4) is 0 Å². The molecular weight excluding hydrogens is 333 g/mol. The molecule has 1 N–H and O–H groups in total. The minimum atomic E-state index is -4.54. The fraction of sp³-hybridized carbons (Fsp3) is 0.222. The number of nitrogens with zero attached hydrogens (tertiary/aromatic N) is 2. The van der Waals surface area contributed by atoms with Crippen LogP contribution in [0.1, 0.15) is 29.2 Å². The van der Waals surface area contributed by atoms with E-state index >= 15 is 0 Å². The quantitative estimate of drug-likeness (QED) is 0.856. The van der Waals surface area contributed by atoms with Gasteiger partial charge in [-0.2, -0.15) is 18.3 Å². The van der Waals surface area contributed by atoms with Crippen LogP contribution >= 0.6 is 0 Å². The van der Waals surface area contributed by atoms with Crippen molar-refractivity contribution in [3.8, 4) is 5.75 Å². The molecule has 1 unspecified atom stereocenters. The topological polar surface area (TPSA) is 52.9 Å². The van der Waals surface area contributed by atoms with E-state index in [-0.39, 0.29) is 11.3 Å². The Hall–Kier alpha value is -2.83. The van der Waals surface area contributed by atoms with Crippen LogP contribution in [0.5, 0.6) is 5.75 Å². The molecule has 2 aromatic carbocycles. The van der Waals surface area contributed by atoms with Crippen molar-refractivity contribution in [2.24, 2.45) is 5.10 Å². The average Bonchev–Trinajstić information content (AvgIpc) is 3.05. The van der Waals surface area contributed by atoms with Crippen molar-refractivity contribution >= 4 is 12.0 Å². The summed E-state index contributed by atoms with van der Waals surface area (Å²) in [5.74, 6) is 0.115. The zero-order chi connectivity index (χ0) is 18.0. The molecule has 2 aromatic rings. The van der Waals surface area contributed by atoms with Gasteiger partial charge in [0.2, 0.25) is 0 Å². The van der Waals surface area contributed by atoms with Crippen molar-refractivity contribution in [2.45, 2.75) is 18.6 Å². The highest BCUT2D eigenvalue weighted by molar-refractivity contribution is 6.01. The number of carbonyl (C=O) groups is 1. The van der Waals surface area contributed by atoms with Gasteiger partial charge in [-0.25, -0.2) is 0 Å². The molecular formula is C18H15F3N2O2. The van der Waals surface area contributed by atoms with Gasteiger partial charge in [0.05, 0.1) is 11.3 Å². The molecule has 1 aliphatic rings. The van der Waals surface area contributed by atoms with Gasteiger partial charge < -0.3 is 9.90 Å². The van der Waals surface area contributed by atoms with Crippen LogP contribution in [0.4, 0.5) is 13.2 Å². The smallest absolute Gasteiger partial charge is 0.416 e. The van der Waals surface area contributed by atoms with Crippen LogP contribution < -0.4 is 0 Å². The van der Waals surface area contributed by atoms with Gasteiger partial charge in [0, 0.05) is 13.0 Å². The number of aromatic hydroxyl groups is 1. The van der Waals surface area contributed by atoms with E-state index in [9.17, 15) is 23.1 Å². The predicted octanol–water partition coefficient (Wildman–Crippen LogP) is 3.76. The Morgan fingerprint density at radius 1 is 1.12 bits per heavy atom. The zero-order valence-electron chi connectivity index (χ0n) is 13.1. The summed E-state index contributed by atoms with van der Waals surface area (Å²) in [5, 5.41) is 15.0. The van der Waals surface area contributed by atoms with Crippen molar-refractivity contribution < 1.29 is 23.1 Å². The van der Waals surface area contributed by atoms with E-state index in [0.717, 1.165) is 11.6 Å². The molecule has 0 aliphatic carbocycles. The van der Waals surface area contributed by atoms with Crippen molar-refractivity contribution in [1.29, 1.82) is 0 Å². The molecule has 130 valence electrons. The first-order valence-electron chi connectivity index (χ1n) is 7.65. The SMILES string of the molecule is O=CC(c1ccccc1C(F)(F)F)N1CCC(c2ccc(O)cc2)=N1. The van der Waals surface area contributed by atoms with Gasteiger partial charge in [0.1, 0.15) is 18.1 Å². The van der Waals surface area contributed by atoms with Crippen LogP contribution in [-0.4, -0.2) is 28.7 Å². The fourth-order valence-electron chi connectivity index (χ4n) is 2.85. The molecule has 0 spiro atoms. The number of phenolic OH excluding ortho intramolecular Hbond substituents is 1. The third kappa shape index (κ3) is 3.50. The lowest BCUT2D eigenvalue weighted by atomic mass is 10.0. The van der Waals surface area contributed by atoms with Gasteiger partial charge in [0.15, 0.2) is 0 Å². The van der Waals surface area contributed by atoms with Crippen molar-refractivity contribution in [2.75, 3.05) is 6.54 Å². The van der Waals surface area contributed by atoms with Crippen molar-refractivity contribution in [3.63, 3.8) is 0 Å². The number of aldehydes is 1. The van der Waals surface area contributed by atoms with E-state index in [1.165, 1.54) is 35.3 Å². The highest BCUT2D eigenvalue weighted by Gasteiger charge is 2.37. The van der Waals surface area contributed by atoms with E-state index < -0.39 is 17.8 Å². The molecule has 0 saturated carbocycles. The van der Waals surface area contributed by atoms with Gasteiger partial charge in [-0.15, -0.1) is 0 Å². The lowest BCUT2D eigenvalue weighted by molar-refractivity contribution is -0.138. The second-order valence-electron chi connectivity index (χ2n) is 5.67. The molecule has 0 amide bonds. The van der Waals surface area contributed by atoms with Crippen LogP contribution in [-0.2, 0) is 11.0 Å². The summed E-state index contributed by atoms with van der Waals surface area (Å²) in [6.07, 6.45) is -3.56. The Kier molecular flexibility index (Phi) is 4.48. The van der Waals surface area contributed by atoms with Crippen molar-refractivity contribution in [3.05, 3.63) is 65.2 Å². The van der Waals surface area contributed by atoms with E-state index in [1.807, 2.05) is 0 Å². The number of alkyl halides is 3. The first-order chi connectivity index (χ1) is 11.9. The third-order valence-corrected chi connectivity index (χ3v) is 4.06. The number of hydrogen-bond donors (Lipinski definition) is 1. The summed E-state index contributed by atoms with van der Waals surface area (Å²) in [4.78, 5) is 11.5. The summed E-state index contributed by atoms with van der Waals surface area (Å²) < 4.78 is 39.7. The monoisotopic (exact) mass is 348 g/mol. The molecule has 4 nitrogen and oxygen atoms in total. The molecule has 3 rings (SSSR count). The van der Waals surface area contributed by atoms with E-state index in [0.29, 0.717) is 25.0 Å². The van der Waals surface area contributed by atoms with E-state index in [4.69, 9.17) is 0 Å². The summed E-state index contributed by atoms with van der Waals surface area (Å²) in [5.41, 5.74) is 0.478. The van der Waals surface area contributed by atoms with Crippen LogP contribution in [0.2, 0.25) is 0 Å². The lowest BCUT2D eigenvalue weighted by Gasteiger charge is -2.24. The van der Waals surface area contributed by atoms with E-state index in [2.05, 4.69) is 5.10 Å². The third-order valence-electron chi connectivity index (χ3n) is 4.06. The lowest BCUT2D eigenvalue weighted by Crippen LogP contribution is -2.25. The molecule has 1 atom stereocenters. The van der Waals surface area contributed by atoms with Gasteiger partial charge >= 0.3 is 6.18 Å². The standard InChI is InChI=1S/C18H15F3N2O2/c19-18(20,21)15-4-2-1-3-14(15)17(11-24)23-10-9-16(22-23)12-5-7-13(25)8-6-12/h1-8,11,17,25H,9-10H2. The molecule has 1 aliphatic heterocycles. The number of rotatable bonds is 4. The first kappa shape index (κ1) is 17.0. The van der Waals surface area contributed by atoms with E-state index in [1.54, 1.807) is 12.1 Å². The average molecular weight is 348 g/mol. The second-order valence-corrected chi connectivity index (χ2v) is 5.67. The van der Waals surface area contributed by atoms with Gasteiger partial charge in [-0.3, -0.25) is 5.01 Å². The summed E-state index contributed by atoms with van der Waals surface area (Å²) >= 11 is 0. The summed E-state index contributed by atoms with van der Waals surface area (Å²) in [6.45, 7) is 0.339. The number of carbonyl (C=O) groups excluding carboxylic acids is 1. The number of phenols is 1. The Morgan fingerprint density at radius 2 is 1.80 bits per heavy atom. The number of hydrazone groups is 1. The van der Waals surface area contributed by atoms with Gasteiger partial charge in [-0.05, 0) is 41.5 Å². The number of hydrogen-bond acceptors (Lipinski definition) is 4. The predicted molar refractivity (Wildman–Crippen MR) is 86.2 cm³/mol. The van der Waals surface area contributed by atoms with Crippen LogP contribution in [0.15, 0.2) is 53.6 Å². The Labute approximate surface area is 142 Å². The minimum Gasteiger partial charge on any atom is -0.508 e. The molecule has 1 heterocycles. The molecule has 25 heavy (non-hydrogen) atoms. The highest BCUT2D eigenvalue weighted by Crippen LogP contribution is 2.36. The number of benzene rings is 2. The maximum Gasteiger partial charge on any atom is 0.416 e. The largest absolute Gasteiger partial charge is 0.508 e. The van der Waals surface area contributed by atoms with Gasteiger partial charge in [-0.1, -0.05) is 18.2 Å². The maximum atomic E-state index is 13.2. The fourth-order valence-corrected chi connectivity index (χ4v) is 2.85. The van der Waals surface area contributed by atoms with Gasteiger partial charge in [0.25, 0.3) is 0 Å². The molecule has 7 heteroatoms. The highest BCUT2D eigenvalue weighted by atomic mass is 19.4. The van der Waals surface area contributed by atoms with Crippen LogP contribution in [0, 0.1) is 0 Å². The van der Waals surface area contributed by atoms with Crippen LogP contribution in [0.25, 0.3) is 0 Å². The summed E-state index contributed by atoms with van der Waals surface area (Å²) in [7, 11) is 0. The molecule has 0 aromatic heterocycles. The second kappa shape index (κ2) is 6.58. The number of halogens is 3. The first-order valence-corrected chi connectivity index (χ1v) is 7.65.